The van der Waals surface area contributed by atoms with Crippen LogP contribution in [-0.4, -0.2) is 81.0 Å². The van der Waals surface area contributed by atoms with Crippen LogP contribution >= 0.6 is 11.6 Å². The SMILES string of the molecule is N=Cc1cc(Nc2nc(NC3CC3)c3ncc(C=N)n3n2)c(Cl)c(N2CCN(C3CCC3=O)CC2)c1. The molecule has 1 saturated heterocycles. The number of fused-ring (bicyclic) bond motifs is 1. The molecule has 36 heavy (non-hydrogen) atoms. The van der Waals surface area contributed by atoms with E-state index in [9.17, 15) is 4.79 Å². The number of ketones is 1. The minimum Gasteiger partial charge on any atom is -0.368 e. The first-order valence-electron chi connectivity index (χ1n) is 12.2. The van der Waals surface area contributed by atoms with Crippen molar-refractivity contribution in [2.45, 2.75) is 37.8 Å². The lowest BCUT2D eigenvalue weighted by molar-refractivity contribution is -0.131. The Labute approximate surface area is 212 Å². The number of nitrogens with zero attached hydrogens (tertiary/aromatic N) is 6. The molecule has 1 atom stereocenters. The van der Waals surface area contributed by atoms with Gasteiger partial charge in [-0.05, 0) is 37.0 Å². The predicted molar refractivity (Wildman–Crippen MR) is 140 cm³/mol. The van der Waals surface area contributed by atoms with Crippen molar-refractivity contribution in [3.05, 3.63) is 34.6 Å². The molecule has 0 spiro atoms. The number of hydrogen-bond acceptors (Lipinski definition) is 10. The van der Waals surface area contributed by atoms with Crippen LogP contribution in [0.25, 0.3) is 5.65 Å². The molecule has 3 heterocycles. The molecule has 6 rings (SSSR count). The highest BCUT2D eigenvalue weighted by Crippen LogP contribution is 2.37. The van der Waals surface area contributed by atoms with Crippen LogP contribution in [0.3, 0.4) is 0 Å². The van der Waals surface area contributed by atoms with E-state index in [0.717, 1.165) is 51.1 Å². The van der Waals surface area contributed by atoms with Gasteiger partial charge >= 0.3 is 0 Å². The maximum atomic E-state index is 11.9. The van der Waals surface area contributed by atoms with Crippen LogP contribution in [0.4, 0.5) is 23.1 Å². The van der Waals surface area contributed by atoms with Crippen molar-refractivity contribution in [1.82, 2.24) is 24.5 Å². The van der Waals surface area contributed by atoms with Gasteiger partial charge in [-0.1, -0.05) is 11.6 Å². The summed E-state index contributed by atoms with van der Waals surface area (Å²) in [6, 6.07) is 4.15. The molecule has 2 aromatic heterocycles. The smallest absolute Gasteiger partial charge is 0.247 e. The number of carbonyl (C=O) groups is 1. The Morgan fingerprint density at radius 2 is 1.89 bits per heavy atom. The predicted octanol–water partition coefficient (Wildman–Crippen LogP) is 2.94. The molecule has 12 heteroatoms. The van der Waals surface area contributed by atoms with Crippen molar-refractivity contribution in [2.24, 2.45) is 0 Å². The average Bonchev–Trinajstić information content (AvgIpc) is 3.60. The molecule has 11 nitrogen and oxygen atoms in total. The molecule has 4 N–H and O–H groups in total. The summed E-state index contributed by atoms with van der Waals surface area (Å²) in [7, 11) is 0. The first-order valence-corrected chi connectivity index (χ1v) is 12.6. The Hall–Kier alpha value is -3.57. The number of halogens is 1. The van der Waals surface area contributed by atoms with Crippen molar-refractivity contribution >= 4 is 58.6 Å². The van der Waals surface area contributed by atoms with Crippen molar-refractivity contribution in [3.8, 4) is 0 Å². The van der Waals surface area contributed by atoms with Crippen molar-refractivity contribution in [2.75, 3.05) is 41.7 Å². The van der Waals surface area contributed by atoms with Crippen LogP contribution in [0.2, 0.25) is 5.02 Å². The van der Waals surface area contributed by atoms with Crippen molar-refractivity contribution < 1.29 is 4.79 Å². The molecule has 3 aliphatic rings. The molecule has 2 saturated carbocycles. The Morgan fingerprint density at radius 3 is 2.53 bits per heavy atom. The average molecular weight is 507 g/mol. The van der Waals surface area contributed by atoms with E-state index < -0.39 is 0 Å². The van der Waals surface area contributed by atoms with Gasteiger partial charge in [0.1, 0.15) is 11.5 Å². The van der Waals surface area contributed by atoms with Crippen LogP contribution in [0.5, 0.6) is 0 Å². The summed E-state index contributed by atoms with van der Waals surface area (Å²) in [5.41, 5.74) is 3.23. The zero-order valence-electron chi connectivity index (χ0n) is 19.7. The van der Waals surface area contributed by atoms with E-state index in [2.05, 4.69) is 35.5 Å². The number of rotatable bonds is 8. The first kappa shape index (κ1) is 22.9. The van der Waals surface area contributed by atoms with E-state index in [4.69, 9.17) is 22.4 Å². The second kappa shape index (κ2) is 9.14. The van der Waals surface area contributed by atoms with E-state index in [1.165, 1.54) is 12.4 Å². The van der Waals surface area contributed by atoms with E-state index in [1.54, 1.807) is 16.8 Å². The molecule has 1 aromatic carbocycles. The summed E-state index contributed by atoms with van der Waals surface area (Å²) in [5, 5.41) is 27.3. The van der Waals surface area contributed by atoms with Gasteiger partial charge < -0.3 is 26.4 Å². The molecule has 0 bridgehead atoms. The van der Waals surface area contributed by atoms with Gasteiger partial charge in [0.05, 0.1) is 28.6 Å². The number of carbonyl (C=O) groups excluding carboxylic acids is 1. The number of benzene rings is 1. The van der Waals surface area contributed by atoms with Gasteiger partial charge in [-0.2, -0.15) is 4.98 Å². The van der Waals surface area contributed by atoms with Gasteiger partial charge in [0.2, 0.25) is 5.95 Å². The minimum atomic E-state index is 0.0762. The standard InChI is InChI=1S/C24H27ClN10O/c25-21-17(30-24-31-22(29-15-1-2-15)23-28-13-16(12-27)35(23)32-24)9-14(11-26)10-19(21)34-7-5-33(6-8-34)18-3-4-20(18)36/h9-13,15,18,26-27H,1-8H2,(H2,29,30,31,32). The molecule has 3 fully saturated rings. The van der Waals surface area contributed by atoms with Crippen LogP contribution in [0.1, 0.15) is 36.9 Å². The summed E-state index contributed by atoms with van der Waals surface area (Å²) >= 11 is 6.90. The third-order valence-corrected chi connectivity index (χ3v) is 7.47. The highest BCUT2D eigenvalue weighted by molar-refractivity contribution is 6.36. The molecule has 3 aromatic rings. The minimum absolute atomic E-state index is 0.0762. The lowest BCUT2D eigenvalue weighted by Gasteiger charge is -2.42. The third-order valence-electron chi connectivity index (χ3n) is 7.08. The molecule has 2 aliphatic carbocycles. The van der Waals surface area contributed by atoms with Crippen LogP contribution < -0.4 is 15.5 Å². The van der Waals surface area contributed by atoms with E-state index in [0.29, 0.717) is 57.6 Å². The molecular formula is C24H27ClN10O. The second-order valence-electron chi connectivity index (χ2n) is 9.48. The van der Waals surface area contributed by atoms with Gasteiger partial charge in [-0.3, -0.25) is 9.69 Å². The van der Waals surface area contributed by atoms with E-state index in [-0.39, 0.29) is 6.04 Å². The number of hydrogen-bond donors (Lipinski definition) is 4. The Kier molecular flexibility index (Phi) is 5.81. The summed E-state index contributed by atoms with van der Waals surface area (Å²) in [5.74, 6) is 1.26. The van der Waals surface area contributed by atoms with Gasteiger partial charge in [-0.15, -0.1) is 5.10 Å². The van der Waals surface area contributed by atoms with Crippen LogP contribution in [-0.2, 0) is 4.79 Å². The number of aromatic nitrogens is 4. The number of imidazole rings is 1. The fraction of sp³-hybridized carbons (Fsp3) is 0.417. The number of nitrogens with one attached hydrogen (secondary N) is 4. The molecule has 0 radical (unpaired) electrons. The molecule has 186 valence electrons. The maximum absolute atomic E-state index is 11.9. The van der Waals surface area contributed by atoms with Gasteiger partial charge in [0.15, 0.2) is 11.5 Å². The van der Waals surface area contributed by atoms with Gasteiger partial charge in [-0.25, -0.2) is 9.50 Å². The fourth-order valence-corrected chi connectivity index (χ4v) is 5.05. The monoisotopic (exact) mass is 506 g/mol. The quantitative estimate of drug-likeness (QED) is 0.342. The third kappa shape index (κ3) is 4.18. The number of piperazine rings is 1. The lowest BCUT2D eigenvalue weighted by Crippen LogP contribution is -2.56. The Morgan fingerprint density at radius 1 is 1.08 bits per heavy atom. The zero-order valence-corrected chi connectivity index (χ0v) is 20.4. The van der Waals surface area contributed by atoms with E-state index in [1.807, 2.05) is 6.07 Å². The highest BCUT2D eigenvalue weighted by Gasteiger charge is 2.35. The Balaban J connectivity index is 1.30. The highest BCUT2D eigenvalue weighted by atomic mass is 35.5. The Bertz CT molecular complexity index is 1360. The van der Waals surface area contributed by atoms with Crippen molar-refractivity contribution in [1.29, 1.82) is 10.8 Å². The largest absolute Gasteiger partial charge is 0.368 e. The summed E-state index contributed by atoms with van der Waals surface area (Å²) in [6.07, 6.45) is 7.90. The summed E-state index contributed by atoms with van der Waals surface area (Å²) in [4.78, 5) is 25.4. The first-order chi connectivity index (χ1) is 17.5. The lowest BCUT2D eigenvalue weighted by atomic mass is 9.89. The van der Waals surface area contributed by atoms with Gasteiger partial charge in [0, 0.05) is 51.1 Å². The molecule has 1 aliphatic heterocycles. The summed E-state index contributed by atoms with van der Waals surface area (Å²) in [6.45, 7) is 3.10. The van der Waals surface area contributed by atoms with Crippen LogP contribution in [0.15, 0.2) is 18.3 Å². The zero-order chi connectivity index (χ0) is 24.8. The fourth-order valence-electron chi connectivity index (χ4n) is 4.78. The number of Topliss-reactive ketones (excluding diaryl/α,β-unsaturated/α-hetero) is 1. The second-order valence-corrected chi connectivity index (χ2v) is 9.86. The topological polar surface area (TPSA) is 138 Å². The molecule has 0 amide bonds. The summed E-state index contributed by atoms with van der Waals surface area (Å²) < 4.78 is 1.59. The van der Waals surface area contributed by atoms with Gasteiger partial charge in [0.25, 0.3) is 0 Å². The van der Waals surface area contributed by atoms with E-state index >= 15 is 0 Å². The molecule has 1 unspecified atom stereocenters. The molecular weight excluding hydrogens is 480 g/mol. The van der Waals surface area contributed by atoms with Crippen molar-refractivity contribution in [3.63, 3.8) is 0 Å². The maximum Gasteiger partial charge on any atom is 0.247 e. The van der Waals surface area contributed by atoms with Crippen LogP contribution in [0, 0.1) is 10.8 Å². The normalized spacial score (nSPS) is 20.3. The number of anilines is 4.